The lowest BCUT2D eigenvalue weighted by atomic mass is 10.1. The lowest BCUT2D eigenvalue weighted by molar-refractivity contribution is 0.319. The minimum Gasteiger partial charge on any atom is -0.497 e. The number of likely N-dealkylation sites (tertiary alicyclic amines) is 1. The highest BCUT2D eigenvalue weighted by Gasteiger charge is 2.27. The first-order chi connectivity index (χ1) is 13.1. The van der Waals surface area contributed by atoms with E-state index in [1.807, 2.05) is 35.0 Å². The second-order valence-corrected chi connectivity index (χ2v) is 7.35. The van der Waals surface area contributed by atoms with Crippen LogP contribution in [0.15, 0.2) is 60.8 Å². The van der Waals surface area contributed by atoms with Crippen molar-refractivity contribution in [2.24, 2.45) is 11.7 Å². The van der Waals surface area contributed by atoms with Crippen molar-refractivity contribution in [2.45, 2.75) is 19.5 Å². The number of nitrogens with zero attached hydrogens (tertiary/aromatic N) is 3. The fraction of sp³-hybridized carbons (Fsp3) is 0.318. The summed E-state index contributed by atoms with van der Waals surface area (Å²) in [5.74, 6) is 1.38. The number of hydrogen-bond donors (Lipinski definition) is 1. The summed E-state index contributed by atoms with van der Waals surface area (Å²) >= 11 is 0. The standard InChI is InChI=1S/C22H26N4O/c1-16-12-25(15-21(16)23)13-18-14-26(19-6-4-3-5-7-19)24-22(18)17-8-10-20(27-2)11-9-17/h3-11,14,16,21H,12-13,15,23H2,1-2H3. The van der Waals surface area contributed by atoms with Crippen LogP contribution >= 0.6 is 0 Å². The van der Waals surface area contributed by atoms with E-state index in [2.05, 4.69) is 42.3 Å². The topological polar surface area (TPSA) is 56.3 Å². The Morgan fingerprint density at radius 3 is 2.44 bits per heavy atom. The smallest absolute Gasteiger partial charge is 0.118 e. The Balaban J connectivity index is 1.69. The van der Waals surface area contributed by atoms with E-state index in [9.17, 15) is 0 Å². The van der Waals surface area contributed by atoms with Gasteiger partial charge < -0.3 is 10.5 Å². The molecule has 5 nitrogen and oxygen atoms in total. The molecule has 3 aromatic rings. The Hall–Kier alpha value is -2.63. The summed E-state index contributed by atoms with van der Waals surface area (Å²) in [7, 11) is 1.68. The Kier molecular flexibility index (Phi) is 4.97. The summed E-state index contributed by atoms with van der Waals surface area (Å²) in [6.07, 6.45) is 2.14. The van der Waals surface area contributed by atoms with Crippen LogP contribution < -0.4 is 10.5 Å². The van der Waals surface area contributed by atoms with Crippen LogP contribution in [0.3, 0.4) is 0 Å². The second-order valence-electron chi connectivity index (χ2n) is 7.35. The molecule has 2 atom stereocenters. The second kappa shape index (κ2) is 7.55. The molecule has 0 saturated carbocycles. The lowest BCUT2D eigenvalue weighted by Crippen LogP contribution is -2.28. The van der Waals surface area contributed by atoms with Gasteiger partial charge in [0, 0.05) is 43.0 Å². The number of para-hydroxylation sites is 1. The molecule has 27 heavy (non-hydrogen) atoms. The molecular weight excluding hydrogens is 336 g/mol. The van der Waals surface area contributed by atoms with Crippen LogP contribution in [-0.4, -0.2) is 40.9 Å². The predicted molar refractivity (Wildman–Crippen MR) is 108 cm³/mol. The molecule has 0 radical (unpaired) electrons. The average molecular weight is 362 g/mol. The van der Waals surface area contributed by atoms with Crippen LogP contribution in [0.1, 0.15) is 12.5 Å². The Morgan fingerprint density at radius 2 is 1.81 bits per heavy atom. The third-order valence-electron chi connectivity index (χ3n) is 5.31. The molecule has 1 saturated heterocycles. The van der Waals surface area contributed by atoms with Crippen LogP contribution in [0.25, 0.3) is 16.9 Å². The van der Waals surface area contributed by atoms with Gasteiger partial charge in [-0.05, 0) is 42.3 Å². The zero-order valence-electron chi connectivity index (χ0n) is 15.9. The van der Waals surface area contributed by atoms with Gasteiger partial charge in [-0.3, -0.25) is 4.90 Å². The van der Waals surface area contributed by atoms with Crippen LogP contribution in [0.4, 0.5) is 0 Å². The molecule has 2 aromatic carbocycles. The third-order valence-corrected chi connectivity index (χ3v) is 5.31. The van der Waals surface area contributed by atoms with Gasteiger partial charge >= 0.3 is 0 Å². The van der Waals surface area contributed by atoms with Gasteiger partial charge in [0.1, 0.15) is 5.75 Å². The summed E-state index contributed by atoms with van der Waals surface area (Å²) in [6, 6.07) is 18.6. The van der Waals surface area contributed by atoms with Crippen molar-refractivity contribution in [3.8, 4) is 22.7 Å². The van der Waals surface area contributed by atoms with Gasteiger partial charge in [0.15, 0.2) is 0 Å². The highest BCUT2D eigenvalue weighted by molar-refractivity contribution is 5.64. The molecule has 1 aliphatic rings. The van der Waals surface area contributed by atoms with E-state index in [0.29, 0.717) is 5.92 Å². The fourth-order valence-electron chi connectivity index (χ4n) is 3.70. The molecule has 1 fully saturated rings. The van der Waals surface area contributed by atoms with E-state index in [1.54, 1.807) is 7.11 Å². The van der Waals surface area contributed by atoms with E-state index in [-0.39, 0.29) is 6.04 Å². The monoisotopic (exact) mass is 362 g/mol. The third kappa shape index (κ3) is 3.75. The maximum Gasteiger partial charge on any atom is 0.118 e. The minimum absolute atomic E-state index is 0.249. The predicted octanol–water partition coefficient (Wildman–Crippen LogP) is 3.33. The fourth-order valence-corrected chi connectivity index (χ4v) is 3.70. The first-order valence-electron chi connectivity index (χ1n) is 9.40. The van der Waals surface area contributed by atoms with Crippen molar-refractivity contribution in [3.63, 3.8) is 0 Å². The quantitative estimate of drug-likeness (QED) is 0.756. The lowest BCUT2D eigenvalue weighted by Gasteiger charge is -2.15. The molecule has 5 heteroatoms. The van der Waals surface area contributed by atoms with Gasteiger partial charge in [-0.2, -0.15) is 5.10 Å². The largest absolute Gasteiger partial charge is 0.497 e. The molecular formula is C22H26N4O. The van der Waals surface area contributed by atoms with Gasteiger partial charge in [-0.25, -0.2) is 4.68 Å². The molecule has 1 aromatic heterocycles. The van der Waals surface area contributed by atoms with Crippen molar-refractivity contribution < 1.29 is 4.74 Å². The first-order valence-corrected chi connectivity index (χ1v) is 9.40. The zero-order chi connectivity index (χ0) is 18.8. The SMILES string of the molecule is COc1ccc(-c2nn(-c3ccccc3)cc2CN2CC(C)C(N)C2)cc1. The number of ether oxygens (including phenoxy) is 1. The molecule has 1 aliphatic heterocycles. The summed E-state index contributed by atoms with van der Waals surface area (Å²) in [4.78, 5) is 2.43. The summed E-state index contributed by atoms with van der Waals surface area (Å²) in [5, 5.41) is 4.90. The number of benzene rings is 2. The molecule has 4 rings (SSSR count). The highest BCUT2D eigenvalue weighted by atomic mass is 16.5. The number of hydrogen-bond acceptors (Lipinski definition) is 4. The van der Waals surface area contributed by atoms with E-state index in [1.165, 1.54) is 5.56 Å². The molecule has 0 aliphatic carbocycles. The van der Waals surface area contributed by atoms with Crippen molar-refractivity contribution in [3.05, 3.63) is 66.4 Å². The van der Waals surface area contributed by atoms with Crippen LogP contribution in [0.5, 0.6) is 5.75 Å². The Labute approximate surface area is 160 Å². The van der Waals surface area contributed by atoms with Crippen LogP contribution in [0.2, 0.25) is 0 Å². The highest BCUT2D eigenvalue weighted by Crippen LogP contribution is 2.28. The van der Waals surface area contributed by atoms with E-state index in [0.717, 1.165) is 42.3 Å². The Bertz CT molecular complexity index is 878. The van der Waals surface area contributed by atoms with Crippen LogP contribution in [0, 0.1) is 5.92 Å². The maximum absolute atomic E-state index is 6.22. The summed E-state index contributed by atoms with van der Waals surface area (Å²) in [6.45, 7) is 5.04. The average Bonchev–Trinajstić information content (AvgIpc) is 3.26. The van der Waals surface area contributed by atoms with Crippen molar-refractivity contribution in [2.75, 3.05) is 20.2 Å². The van der Waals surface area contributed by atoms with Gasteiger partial charge in [0.05, 0.1) is 18.5 Å². The molecule has 2 unspecified atom stereocenters. The van der Waals surface area contributed by atoms with Gasteiger partial charge in [0.2, 0.25) is 0 Å². The summed E-state index contributed by atoms with van der Waals surface area (Å²) in [5.41, 5.74) is 10.6. The van der Waals surface area contributed by atoms with Crippen molar-refractivity contribution >= 4 is 0 Å². The number of nitrogens with two attached hydrogens (primary N) is 1. The maximum atomic E-state index is 6.22. The van der Waals surface area contributed by atoms with E-state index < -0.39 is 0 Å². The minimum atomic E-state index is 0.249. The molecule has 2 N–H and O–H groups in total. The molecule has 140 valence electrons. The van der Waals surface area contributed by atoms with Crippen molar-refractivity contribution in [1.29, 1.82) is 0 Å². The molecule has 0 spiro atoms. The zero-order valence-corrected chi connectivity index (χ0v) is 15.9. The van der Waals surface area contributed by atoms with E-state index in [4.69, 9.17) is 15.6 Å². The molecule has 0 amide bonds. The normalized spacial score (nSPS) is 20.1. The number of rotatable bonds is 5. The number of methoxy groups -OCH3 is 1. The first kappa shape index (κ1) is 17.8. The van der Waals surface area contributed by atoms with E-state index >= 15 is 0 Å². The molecule has 0 bridgehead atoms. The summed E-state index contributed by atoms with van der Waals surface area (Å²) < 4.78 is 7.26. The molecule has 2 heterocycles. The van der Waals surface area contributed by atoms with Crippen molar-refractivity contribution in [1.82, 2.24) is 14.7 Å². The number of aromatic nitrogens is 2. The Morgan fingerprint density at radius 1 is 1.07 bits per heavy atom. The van der Waals surface area contributed by atoms with Gasteiger partial charge in [-0.15, -0.1) is 0 Å². The van der Waals surface area contributed by atoms with Gasteiger partial charge in [-0.1, -0.05) is 25.1 Å². The van der Waals surface area contributed by atoms with Crippen LogP contribution in [-0.2, 0) is 6.54 Å². The van der Waals surface area contributed by atoms with Gasteiger partial charge in [0.25, 0.3) is 0 Å².